The Kier molecular flexibility index (Phi) is 11.3. The smallest absolute Gasteiger partial charge is 0.338 e. The molecule has 0 bridgehead atoms. The van der Waals surface area contributed by atoms with Crippen molar-refractivity contribution in [2.45, 2.75) is 90.2 Å². The van der Waals surface area contributed by atoms with E-state index in [9.17, 15) is 40.2 Å². The van der Waals surface area contributed by atoms with Gasteiger partial charge in [-0.1, -0.05) is 19.4 Å². The number of phenols is 3. The summed E-state index contributed by atoms with van der Waals surface area (Å²) in [5, 5.41) is 59.3. The van der Waals surface area contributed by atoms with Gasteiger partial charge in [-0.05, 0) is 57.2 Å². The summed E-state index contributed by atoms with van der Waals surface area (Å²) in [6, 6.07) is 1.78. The van der Waals surface area contributed by atoms with Crippen LogP contribution in [0.15, 0.2) is 23.8 Å². The maximum Gasteiger partial charge on any atom is 0.338 e. The minimum Gasteiger partial charge on any atom is -0.504 e. The van der Waals surface area contributed by atoms with E-state index in [4.69, 9.17) is 14.2 Å². The van der Waals surface area contributed by atoms with Gasteiger partial charge >= 0.3 is 5.97 Å². The molecule has 1 aliphatic rings. The molecule has 6 unspecified atom stereocenters. The molecule has 0 aromatic heterocycles. The zero-order chi connectivity index (χ0) is 27.9. The second-order valence-corrected chi connectivity index (χ2v) is 9.87. The predicted octanol–water partition coefficient (Wildman–Crippen LogP) is 1.90. The van der Waals surface area contributed by atoms with Crippen LogP contribution < -0.4 is 0 Å². The molecule has 1 aliphatic heterocycles. The molecule has 208 valence electrons. The number of allylic oxidation sites excluding steroid dienone is 2. The first-order valence-electron chi connectivity index (χ1n) is 12.3. The van der Waals surface area contributed by atoms with E-state index < -0.39 is 66.6 Å². The Morgan fingerprint density at radius 3 is 2.24 bits per heavy atom. The summed E-state index contributed by atoms with van der Waals surface area (Å²) in [5.74, 6) is -2.86. The van der Waals surface area contributed by atoms with Gasteiger partial charge in [0.15, 0.2) is 29.3 Å². The van der Waals surface area contributed by atoms with E-state index in [1.54, 1.807) is 13.0 Å². The van der Waals surface area contributed by atoms with Gasteiger partial charge < -0.3 is 44.8 Å². The third kappa shape index (κ3) is 8.97. The predicted molar refractivity (Wildman–Crippen MR) is 131 cm³/mol. The first-order chi connectivity index (χ1) is 17.3. The number of rotatable bonds is 12. The Labute approximate surface area is 215 Å². The lowest BCUT2D eigenvalue weighted by Gasteiger charge is -2.40. The molecular weight excluding hydrogens is 488 g/mol. The molecule has 11 heteroatoms. The summed E-state index contributed by atoms with van der Waals surface area (Å²) >= 11 is 0. The van der Waals surface area contributed by atoms with Crippen molar-refractivity contribution in [2.24, 2.45) is 5.92 Å². The Hall–Kier alpha value is -2.70. The molecule has 1 heterocycles. The lowest BCUT2D eigenvalue weighted by atomic mass is 9.99. The van der Waals surface area contributed by atoms with Gasteiger partial charge in [-0.25, -0.2) is 4.79 Å². The number of benzene rings is 1. The van der Waals surface area contributed by atoms with E-state index in [0.717, 1.165) is 17.7 Å². The number of ketones is 1. The number of ether oxygens (including phenoxy) is 3. The van der Waals surface area contributed by atoms with Crippen molar-refractivity contribution in [2.75, 3.05) is 6.61 Å². The van der Waals surface area contributed by atoms with E-state index in [0.29, 0.717) is 31.6 Å². The highest BCUT2D eigenvalue weighted by atomic mass is 16.7. The molecule has 0 saturated carbocycles. The van der Waals surface area contributed by atoms with Crippen molar-refractivity contribution in [1.82, 2.24) is 0 Å². The molecular formula is C26H38O11. The highest BCUT2D eigenvalue weighted by molar-refractivity contribution is 5.91. The first kappa shape index (κ1) is 30.5. The van der Waals surface area contributed by atoms with Crippen LogP contribution in [0.4, 0.5) is 0 Å². The van der Waals surface area contributed by atoms with Gasteiger partial charge in [-0.3, -0.25) is 4.79 Å². The Morgan fingerprint density at radius 1 is 1.03 bits per heavy atom. The Morgan fingerprint density at radius 2 is 1.65 bits per heavy atom. The minimum atomic E-state index is -1.63. The lowest BCUT2D eigenvalue weighted by molar-refractivity contribution is -0.310. The standard InChI is InChI=1S/C26H38O11/c1-13(2)8-17(27)9-14(3)6-5-7-15(4)36-26-24(33)23(32)22(31)20(37-26)12-35-25(34)16-10-18(28)21(30)19(29)11-16/h9-11,13,15,20,22-24,26,28-33H,5-8,12H2,1-4H3. The monoisotopic (exact) mass is 526 g/mol. The van der Waals surface area contributed by atoms with Gasteiger partial charge in [-0.15, -0.1) is 0 Å². The summed E-state index contributed by atoms with van der Waals surface area (Å²) in [7, 11) is 0. The van der Waals surface area contributed by atoms with Gasteiger partial charge in [0, 0.05) is 6.42 Å². The van der Waals surface area contributed by atoms with Crippen molar-refractivity contribution < 1.29 is 54.4 Å². The quantitative estimate of drug-likeness (QED) is 0.133. The molecule has 0 amide bonds. The van der Waals surface area contributed by atoms with Gasteiger partial charge in [0.05, 0.1) is 11.7 Å². The number of esters is 1. The maximum absolute atomic E-state index is 12.3. The van der Waals surface area contributed by atoms with Crippen LogP contribution in [0.5, 0.6) is 17.2 Å². The molecule has 37 heavy (non-hydrogen) atoms. The Bertz CT molecular complexity index is 935. The molecule has 1 aromatic rings. The van der Waals surface area contributed by atoms with E-state index in [2.05, 4.69) is 0 Å². The lowest BCUT2D eigenvalue weighted by Crippen LogP contribution is -2.59. The van der Waals surface area contributed by atoms with Gasteiger partial charge in [-0.2, -0.15) is 0 Å². The maximum atomic E-state index is 12.3. The third-order valence-corrected chi connectivity index (χ3v) is 5.92. The summed E-state index contributed by atoms with van der Waals surface area (Å²) in [6.45, 7) is 7.09. The van der Waals surface area contributed by atoms with Crippen LogP contribution in [0, 0.1) is 5.92 Å². The van der Waals surface area contributed by atoms with Crippen LogP contribution in [-0.4, -0.2) is 85.8 Å². The zero-order valence-corrected chi connectivity index (χ0v) is 21.5. The van der Waals surface area contributed by atoms with Crippen LogP contribution in [-0.2, 0) is 19.0 Å². The second kappa shape index (κ2) is 13.7. The first-order valence-corrected chi connectivity index (χ1v) is 12.3. The minimum absolute atomic E-state index is 0.0915. The van der Waals surface area contributed by atoms with Crippen LogP contribution in [0.2, 0.25) is 0 Å². The van der Waals surface area contributed by atoms with Crippen LogP contribution >= 0.6 is 0 Å². The largest absolute Gasteiger partial charge is 0.504 e. The normalized spacial score (nSPS) is 25.2. The zero-order valence-electron chi connectivity index (χ0n) is 21.5. The molecule has 6 N–H and O–H groups in total. The van der Waals surface area contributed by atoms with Crippen molar-refractivity contribution >= 4 is 11.8 Å². The average Bonchev–Trinajstić information content (AvgIpc) is 2.80. The second-order valence-electron chi connectivity index (χ2n) is 9.87. The van der Waals surface area contributed by atoms with E-state index in [-0.39, 0.29) is 11.3 Å². The highest BCUT2D eigenvalue weighted by Crippen LogP contribution is 2.35. The molecule has 0 spiro atoms. The van der Waals surface area contributed by atoms with E-state index in [1.165, 1.54) is 0 Å². The fraction of sp³-hybridized carbons (Fsp3) is 0.615. The number of hydrogen-bond acceptors (Lipinski definition) is 11. The number of hydrogen-bond donors (Lipinski definition) is 6. The molecule has 1 saturated heterocycles. The topological polar surface area (TPSA) is 183 Å². The summed E-state index contributed by atoms with van der Waals surface area (Å²) in [5.41, 5.74) is 0.692. The number of phenolic OH excluding ortho intramolecular Hbond substituents is 3. The molecule has 0 aliphatic carbocycles. The number of carbonyl (C=O) groups excluding carboxylic acids is 2. The van der Waals surface area contributed by atoms with Gasteiger partial charge in [0.2, 0.25) is 0 Å². The summed E-state index contributed by atoms with van der Waals surface area (Å²) in [4.78, 5) is 24.2. The van der Waals surface area contributed by atoms with E-state index in [1.807, 2.05) is 20.8 Å². The number of carbonyl (C=O) groups is 2. The summed E-state index contributed by atoms with van der Waals surface area (Å²) < 4.78 is 16.4. The third-order valence-electron chi connectivity index (χ3n) is 5.92. The highest BCUT2D eigenvalue weighted by Gasteiger charge is 2.45. The molecule has 2 rings (SSSR count). The molecule has 1 aromatic carbocycles. The van der Waals surface area contributed by atoms with E-state index >= 15 is 0 Å². The number of aliphatic hydroxyl groups excluding tert-OH is 3. The van der Waals surface area contributed by atoms with Gasteiger partial charge in [0.1, 0.15) is 31.0 Å². The fourth-order valence-electron chi connectivity index (χ4n) is 3.90. The van der Waals surface area contributed by atoms with Crippen LogP contribution in [0.3, 0.4) is 0 Å². The Balaban J connectivity index is 1.89. The van der Waals surface area contributed by atoms with Crippen molar-refractivity contribution in [3.8, 4) is 17.2 Å². The molecule has 11 nitrogen and oxygen atoms in total. The number of aliphatic hydroxyl groups is 3. The van der Waals surface area contributed by atoms with Gasteiger partial charge in [0.25, 0.3) is 0 Å². The fourth-order valence-corrected chi connectivity index (χ4v) is 3.90. The van der Waals surface area contributed by atoms with Crippen LogP contribution in [0.1, 0.15) is 63.7 Å². The van der Waals surface area contributed by atoms with Crippen LogP contribution in [0.25, 0.3) is 0 Å². The summed E-state index contributed by atoms with van der Waals surface area (Å²) in [6.07, 6.45) is -3.58. The molecule has 0 radical (unpaired) electrons. The van der Waals surface area contributed by atoms with Crippen molar-refractivity contribution in [3.63, 3.8) is 0 Å². The van der Waals surface area contributed by atoms with Crippen molar-refractivity contribution in [1.29, 1.82) is 0 Å². The average molecular weight is 527 g/mol. The molecule has 1 fully saturated rings. The number of aromatic hydroxyl groups is 3. The molecule has 6 atom stereocenters. The SMILES string of the molecule is CC(=CC(=O)CC(C)C)CCCC(C)OC1OC(COC(=O)c2cc(O)c(O)c(O)c2)C(O)C(O)C1O. The van der Waals surface area contributed by atoms with Crippen molar-refractivity contribution in [3.05, 3.63) is 29.3 Å².